The van der Waals surface area contributed by atoms with Crippen molar-refractivity contribution >= 4 is 11.8 Å². The van der Waals surface area contributed by atoms with Crippen LogP contribution in [0.3, 0.4) is 0 Å². The number of thioether (sulfide) groups is 1. The predicted octanol–water partition coefficient (Wildman–Crippen LogP) is 3.51. The molecule has 0 unspecified atom stereocenters. The van der Waals surface area contributed by atoms with Crippen molar-refractivity contribution in [1.82, 2.24) is 0 Å². The van der Waals surface area contributed by atoms with Crippen LogP contribution in [0.25, 0.3) is 0 Å². The number of rotatable bonds is 4. The summed E-state index contributed by atoms with van der Waals surface area (Å²) in [6.07, 6.45) is 4.79. The van der Waals surface area contributed by atoms with Gasteiger partial charge >= 0.3 is 0 Å². The lowest BCUT2D eigenvalue weighted by Gasteiger charge is -2.07. The summed E-state index contributed by atoms with van der Waals surface area (Å²) in [5.41, 5.74) is 1.28. The van der Waals surface area contributed by atoms with Gasteiger partial charge in [0, 0.05) is 4.90 Å². The topological polar surface area (TPSA) is 9.23 Å². The summed E-state index contributed by atoms with van der Waals surface area (Å²) in [5, 5.41) is 0. The van der Waals surface area contributed by atoms with Gasteiger partial charge in [0.2, 0.25) is 0 Å². The largest absolute Gasteiger partial charge is 0.493 e. The molecule has 1 nitrogen and oxygen atoms in total. The van der Waals surface area contributed by atoms with Crippen LogP contribution in [0.15, 0.2) is 23.1 Å². The molecule has 0 aliphatic heterocycles. The van der Waals surface area contributed by atoms with E-state index < -0.39 is 0 Å². The first kappa shape index (κ1) is 9.91. The van der Waals surface area contributed by atoms with Crippen LogP contribution in [0.2, 0.25) is 0 Å². The highest BCUT2D eigenvalue weighted by Gasteiger charge is 2.21. The maximum atomic E-state index is 5.74. The van der Waals surface area contributed by atoms with Gasteiger partial charge in [0.15, 0.2) is 0 Å². The second-order valence-corrected chi connectivity index (χ2v) is 4.82. The van der Waals surface area contributed by atoms with Crippen LogP contribution < -0.4 is 4.74 Å². The van der Waals surface area contributed by atoms with Crippen molar-refractivity contribution in [2.24, 2.45) is 5.92 Å². The van der Waals surface area contributed by atoms with Gasteiger partial charge in [-0.15, -0.1) is 11.8 Å². The Balaban J connectivity index is 2.03. The lowest BCUT2D eigenvalue weighted by atomic mass is 10.2. The maximum absolute atomic E-state index is 5.74. The van der Waals surface area contributed by atoms with E-state index in [0.717, 1.165) is 18.3 Å². The van der Waals surface area contributed by atoms with Gasteiger partial charge in [-0.1, -0.05) is 0 Å². The van der Waals surface area contributed by atoms with E-state index in [1.807, 2.05) is 0 Å². The fourth-order valence-electron chi connectivity index (χ4n) is 1.41. The van der Waals surface area contributed by atoms with Crippen molar-refractivity contribution in [2.75, 3.05) is 12.9 Å². The van der Waals surface area contributed by atoms with Crippen LogP contribution >= 0.6 is 11.8 Å². The summed E-state index contributed by atoms with van der Waals surface area (Å²) in [6, 6.07) is 6.43. The van der Waals surface area contributed by atoms with Crippen molar-refractivity contribution in [3.8, 4) is 5.75 Å². The molecule has 0 spiro atoms. The van der Waals surface area contributed by atoms with Crippen LogP contribution in [-0.2, 0) is 0 Å². The average Bonchev–Trinajstić information content (AvgIpc) is 2.97. The molecule has 1 aromatic rings. The Morgan fingerprint density at radius 3 is 2.79 bits per heavy atom. The van der Waals surface area contributed by atoms with Crippen molar-refractivity contribution in [2.45, 2.75) is 24.7 Å². The Kier molecular flexibility index (Phi) is 3.02. The fraction of sp³-hybridized carbons (Fsp3) is 0.500. The highest BCUT2D eigenvalue weighted by Crippen LogP contribution is 2.30. The Morgan fingerprint density at radius 2 is 2.14 bits per heavy atom. The molecule has 1 saturated carbocycles. The van der Waals surface area contributed by atoms with Crippen LogP contribution in [0.1, 0.15) is 18.4 Å². The molecular formula is C12H16OS. The number of hydrogen-bond acceptors (Lipinski definition) is 2. The lowest BCUT2D eigenvalue weighted by Crippen LogP contribution is -1.99. The summed E-state index contributed by atoms with van der Waals surface area (Å²) >= 11 is 1.77. The number of hydrogen-bond donors (Lipinski definition) is 0. The van der Waals surface area contributed by atoms with E-state index in [9.17, 15) is 0 Å². The molecule has 2 rings (SSSR count). The summed E-state index contributed by atoms with van der Waals surface area (Å²) in [4.78, 5) is 1.29. The van der Waals surface area contributed by atoms with E-state index in [1.54, 1.807) is 11.8 Å². The zero-order valence-electron chi connectivity index (χ0n) is 8.75. The van der Waals surface area contributed by atoms with E-state index >= 15 is 0 Å². The van der Waals surface area contributed by atoms with Gasteiger partial charge in [0.05, 0.1) is 6.61 Å². The van der Waals surface area contributed by atoms with Crippen molar-refractivity contribution in [3.05, 3.63) is 23.8 Å². The second-order valence-electron chi connectivity index (χ2n) is 3.94. The molecule has 0 amide bonds. The van der Waals surface area contributed by atoms with E-state index in [4.69, 9.17) is 4.74 Å². The van der Waals surface area contributed by atoms with Crippen molar-refractivity contribution < 1.29 is 4.74 Å². The normalized spacial score (nSPS) is 15.6. The SMILES string of the molecule is CSc1cc(C)cc(OCC2CC2)c1. The molecule has 0 N–H and O–H groups in total. The minimum Gasteiger partial charge on any atom is -0.493 e. The molecule has 0 saturated heterocycles. The number of benzene rings is 1. The highest BCUT2D eigenvalue weighted by molar-refractivity contribution is 7.98. The standard InChI is InChI=1S/C12H16OS/c1-9-5-11(7-12(6-9)14-2)13-8-10-3-4-10/h5-7,10H,3-4,8H2,1-2H3. The minimum absolute atomic E-state index is 0.827. The highest BCUT2D eigenvalue weighted by atomic mass is 32.2. The molecule has 1 aromatic carbocycles. The van der Waals surface area contributed by atoms with Gasteiger partial charge in [-0.05, 0) is 55.7 Å². The second kappa shape index (κ2) is 4.26. The van der Waals surface area contributed by atoms with Gasteiger partial charge in [-0.2, -0.15) is 0 Å². The van der Waals surface area contributed by atoms with Crippen LogP contribution in [0, 0.1) is 12.8 Å². The molecule has 1 fully saturated rings. The van der Waals surface area contributed by atoms with Crippen LogP contribution in [0.4, 0.5) is 0 Å². The van der Waals surface area contributed by atoms with Crippen LogP contribution in [0.5, 0.6) is 5.75 Å². The first-order valence-corrected chi connectivity index (χ1v) is 6.29. The Hall–Kier alpha value is -0.630. The monoisotopic (exact) mass is 208 g/mol. The first-order chi connectivity index (χ1) is 6.78. The molecule has 0 atom stereocenters. The van der Waals surface area contributed by atoms with E-state index in [0.29, 0.717) is 0 Å². The van der Waals surface area contributed by atoms with Gasteiger partial charge < -0.3 is 4.74 Å². The zero-order valence-corrected chi connectivity index (χ0v) is 9.56. The van der Waals surface area contributed by atoms with E-state index in [1.165, 1.54) is 23.3 Å². The van der Waals surface area contributed by atoms with Crippen molar-refractivity contribution in [3.63, 3.8) is 0 Å². The average molecular weight is 208 g/mol. The summed E-state index contributed by atoms with van der Waals surface area (Å²) in [6.45, 7) is 3.01. The molecule has 1 aliphatic carbocycles. The third kappa shape index (κ3) is 2.68. The van der Waals surface area contributed by atoms with Gasteiger partial charge in [-0.25, -0.2) is 0 Å². The molecule has 0 heterocycles. The minimum atomic E-state index is 0.827. The number of ether oxygens (including phenoxy) is 1. The predicted molar refractivity (Wildman–Crippen MR) is 61.2 cm³/mol. The molecule has 76 valence electrons. The van der Waals surface area contributed by atoms with Crippen molar-refractivity contribution in [1.29, 1.82) is 0 Å². The summed E-state index contributed by atoms with van der Waals surface area (Å²) < 4.78 is 5.74. The van der Waals surface area contributed by atoms with E-state index in [-0.39, 0.29) is 0 Å². The molecule has 2 heteroatoms. The Morgan fingerprint density at radius 1 is 1.36 bits per heavy atom. The Bertz CT molecular complexity index is 318. The van der Waals surface area contributed by atoms with E-state index in [2.05, 4.69) is 31.4 Å². The van der Waals surface area contributed by atoms with Gasteiger partial charge in [0.1, 0.15) is 5.75 Å². The molecule has 1 aliphatic rings. The molecular weight excluding hydrogens is 192 g/mol. The Labute approximate surface area is 89.9 Å². The third-order valence-electron chi connectivity index (χ3n) is 2.44. The summed E-state index contributed by atoms with van der Waals surface area (Å²) in [7, 11) is 0. The van der Waals surface area contributed by atoms with Gasteiger partial charge in [-0.3, -0.25) is 0 Å². The first-order valence-electron chi connectivity index (χ1n) is 5.06. The summed E-state index contributed by atoms with van der Waals surface area (Å²) in [5.74, 6) is 1.86. The molecule has 0 bridgehead atoms. The quantitative estimate of drug-likeness (QED) is 0.700. The fourth-order valence-corrected chi connectivity index (χ4v) is 1.95. The van der Waals surface area contributed by atoms with Crippen LogP contribution in [-0.4, -0.2) is 12.9 Å². The number of aryl methyl sites for hydroxylation is 1. The van der Waals surface area contributed by atoms with Gasteiger partial charge in [0.25, 0.3) is 0 Å². The lowest BCUT2D eigenvalue weighted by molar-refractivity contribution is 0.299. The molecule has 14 heavy (non-hydrogen) atoms. The molecule has 0 aromatic heterocycles. The maximum Gasteiger partial charge on any atom is 0.120 e. The molecule has 0 radical (unpaired) electrons. The zero-order chi connectivity index (χ0) is 9.97. The smallest absolute Gasteiger partial charge is 0.120 e. The third-order valence-corrected chi connectivity index (χ3v) is 3.15.